The average Bonchev–Trinajstić information content (AvgIpc) is 2.93. The molecule has 0 N–H and O–H groups in total. The minimum Gasteiger partial charge on any atom is -0.288 e. The molecule has 2 saturated carbocycles. The summed E-state index contributed by atoms with van der Waals surface area (Å²) in [5.74, 6) is 1.94. The maximum Gasteiger partial charge on any atom is 0.280 e. The van der Waals surface area contributed by atoms with E-state index in [9.17, 15) is 25.0 Å². The number of hydrogen-bond acceptors (Lipinski definition) is 5. The van der Waals surface area contributed by atoms with Gasteiger partial charge in [-0.25, -0.2) is 0 Å². The number of nitro groups is 2. The van der Waals surface area contributed by atoms with Gasteiger partial charge in [-0.1, -0.05) is 69.7 Å². The first-order valence-corrected chi connectivity index (χ1v) is 14.0. The van der Waals surface area contributed by atoms with Crippen LogP contribution in [0.2, 0.25) is 0 Å². The Morgan fingerprint density at radius 1 is 0.811 bits per heavy atom. The van der Waals surface area contributed by atoms with Crippen molar-refractivity contribution in [2.75, 3.05) is 0 Å². The van der Waals surface area contributed by atoms with E-state index in [4.69, 9.17) is 0 Å². The number of ketones is 1. The van der Waals surface area contributed by atoms with Crippen molar-refractivity contribution in [2.45, 2.75) is 89.9 Å². The monoisotopic (exact) mass is 506 g/mol. The highest BCUT2D eigenvalue weighted by atomic mass is 16.6. The van der Waals surface area contributed by atoms with E-state index in [-0.39, 0.29) is 28.4 Å². The Hall–Kier alpha value is -3.09. The zero-order valence-electron chi connectivity index (χ0n) is 21.8. The molecule has 7 nitrogen and oxygen atoms in total. The Morgan fingerprint density at radius 3 is 2.05 bits per heavy atom. The summed E-state index contributed by atoms with van der Waals surface area (Å²) >= 11 is 0. The molecule has 0 aromatic heterocycles. The highest BCUT2D eigenvalue weighted by Crippen LogP contribution is 2.46. The van der Waals surface area contributed by atoms with Crippen LogP contribution < -0.4 is 0 Å². The van der Waals surface area contributed by atoms with Crippen LogP contribution in [0.3, 0.4) is 0 Å². The van der Waals surface area contributed by atoms with E-state index in [2.05, 4.69) is 6.92 Å². The van der Waals surface area contributed by atoms with E-state index in [0.717, 1.165) is 37.5 Å². The Morgan fingerprint density at radius 2 is 1.43 bits per heavy atom. The lowest BCUT2D eigenvalue weighted by molar-refractivity contribution is -0.385. The molecule has 2 aliphatic carbocycles. The number of rotatable bonds is 10. The zero-order chi connectivity index (χ0) is 26.4. The fraction of sp³-hybridized carbons (Fsp3) is 0.567. The van der Waals surface area contributed by atoms with Gasteiger partial charge in [0.15, 0.2) is 5.78 Å². The van der Waals surface area contributed by atoms with E-state index in [1.54, 1.807) is 18.2 Å². The Bertz CT molecular complexity index is 1110. The maximum absolute atomic E-state index is 13.0. The maximum atomic E-state index is 13.0. The van der Waals surface area contributed by atoms with Crippen molar-refractivity contribution in [3.8, 4) is 0 Å². The van der Waals surface area contributed by atoms with Crippen molar-refractivity contribution in [3.05, 3.63) is 79.4 Å². The number of nitrogens with zero attached hydrogens (tertiary/aromatic N) is 2. The summed E-state index contributed by atoms with van der Waals surface area (Å²) in [6.45, 7) is 2.26. The standard InChI is InChI=1S/C30H38N2O5/c1-2-3-4-7-21-10-12-22(13-11-21)23-14-16-24(17-15-23)26-19-18-25(20-29(26)32(36)37)30(33)27-8-5-6-9-28(27)31(34)35/h5-6,8-9,18-24H,2-4,7,10-17H2,1H3. The third-order valence-electron chi connectivity index (χ3n) is 8.82. The Kier molecular flexibility index (Phi) is 9.06. The van der Waals surface area contributed by atoms with Crippen molar-refractivity contribution >= 4 is 17.2 Å². The number of unbranched alkanes of at least 4 members (excludes halogenated alkanes) is 2. The molecule has 0 atom stereocenters. The second kappa shape index (κ2) is 12.4. The predicted octanol–water partition coefficient (Wildman–Crippen LogP) is 8.39. The molecule has 0 amide bonds. The van der Waals surface area contributed by atoms with Gasteiger partial charge in [0, 0.05) is 23.3 Å². The molecular weight excluding hydrogens is 468 g/mol. The topological polar surface area (TPSA) is 103 Å². The molecule has 0 heterocycles. The normalized spacial score (nSPS) is 23.9. The third-order valence-corrected chi connectivity index (χ3v) is 8.82. The van der Waals surface area contributed by atoms with Gasteiger partial charge in [-0.2, -0.15) is 0 Å². The molecule has 4 rings (SSSR count). The van der Waals surface area contributed by atoms with E-state index < -0.39 is 15.6 Å². The van der Waals surface area contributed by atoms with Crippen LogP contribution in [0.25, 0.3) is 0 Å². The van der Waals surface area contributed by atoms with Gasteiger partial charge in [0.25, 0.3) is 11.4 Å². The van der Waals surface area contributed by atoms with Crippen molar-refractivity contribution in [2.24, 2.45) is 17.8 Å². The van der Waals surface area contributed by atoms with Crippen molar-refractivity contribution in [1.82, 2.24) is 0 Å². The summed E-state index contributed by atoms with van der Waals surface area (Å²) in [6.07, 6.45) is 14.8. The van der Waals surface area contributed by atoms with Crippen molar-refractivity contribution < 1.29 is 14.6 Å². The average molecular weight is 507 g/mol. The van der Waals surface area contributed by atoms with Crippen molar-refractivity contribution in [1.29, 1.82) is 0 Å². The molecule has 0 spiro atoms. The SMILES string of the molecule is CCCCCC1CCC(C2CCC(c3ccc(C(=O)c4ccccc4[N+](=O)[O-])cc3[N+](=O)[O-])CC2)CC1. The highest BCUT2D eigenvalue weighted by molar-refractivity contribution is 6.11. The number of carbonyl (C=O) groups is 1. The van der Waals surface area contributed by atoms with Crippen LogP contribution in [0.1, 0.15) is 111 Å². The largest absolute Gasteiger partial charge is 0.288 e. The van der Waals surface area contributed by atoms with Crippen LogP contribution in [0.15, 0.2) is 42.5 Å². The molecule has 37 heavy (non-hydrogen) atoms. The summed E-state index contributed by atoms with van der Waals surface area (Å²) < 4.78 is 0. The lowest BCUT2D eigenvalue weighted by Gasteiger charge is -2.38. The van der Waals surface area contributed by atoms with E-state index in [1.807, 2.05) is 0 Å². The summed E-state index contributed by atoms with van der Waals surface area (Å²) in [7, 11) is 0. The lowest BCUT2D eigenvalue weighted by Crippen LogP contribution is -2.25. The van der Waals surface area contributed by atoms with Gasteiger partial charge in [0.05, 0.1) is 9.85 Å². The molecule has 0 bridgehead atoms. The van der Waals surface area contributed by atoms with E-state index >= 15 is 0 Å². The summed E-state index contributed by atoms with van der Waals surface area (Å²) in [6, 6.07) is 10.3. The molecule has 2 aromatic rings. The fourth-order valence-corrected chi connectivity index (χ4v) is 6.70. The fourth-order valence-electron chi connectivity index (χ4n) is 6.70. The minimum absolute atomic E-state index is 0.0551. The molecule has 2 aliphatic rings. The highest BCUT2D eigenvalue weighted by Gasteiger charge is 2.33. The molecule has 198 valence electrons. The molecule has 0 unspecified atom stereocenters. The van der Waals surface area contributed by atoms with Gasteiger partial charge in [-0.15, -0.1) is 0 Å². The van der Waals surface area contributed by atoms with Crippen molar-refractivity contribution in [3.63, 3.8) is 0 Å². The summed E-state index contributed by atoms with van der Waals surface area (Å²) in [5, 5.41) is 23.3. The quantitative estimate of drug-likeness (QED) is 0.139. The third kappa shape index (κ3) is 6.43. The second-order valence-electron chi connectivity index (χ2n) is 11.0. The first-order valence-electron chi connectivity index (χ1n) is 14.0. The molecular formula is C30H38N2O5. The molecule has 2 fully saturated rings. The Balaban J connectivity index is 1.40. The van der Waals surface area contributed by atoms with Crippen LogP contribution in [-0.2, 0) is 0 Å². The van der Waals surface area contributed by atoms with Gasteiger partial charge < -0.3 is 0 Å². The number of hydrogen-bond donors (Lipinski definition) is 0. The van der Waals surface area contributed by atoms with E-state index in [1.165, 1.54) is 75.6 Å². The minimum atomic E-state index is -0.604. The van der Waals surface area contributed by atoms with Gasteiger partial charge in [-0.05, 0) is 68.3 Å². The molecule has 2 aromatic carbocycles. The summed E-state index contributed by atoms with van der Waals surface area (Å²) in [4.78, 5) is 35.3. The number of para-hydroxylation sites is 1. The number of benzene rings is 2. The second-order valence-corrected chi connectivity index (χ2v) is 11.0. The van der Waals surface area contributed by atoms with Gasteiger partial charge in [0.1, 0.15) is 5.56 Å². The molecule has 0 saturated heterocycles. The predicted molar refractivity (Wildman–Crippen MR) is 144 cm³/mol. The lowest BCUT2D eigenvalue weighted by atomic mass is 9.67. The van der Waals surface area contributed by atoms with Gasteiger partial charge in [-0.3, -0.25) is 25.0 Å². The van der Waals surface area contributed by atoms with Crippen LogP contribution in [-0.4, -0.2) is 15.6 Å². The van der Waals surface area contributed by atoms with Crippen LogP contribution in [0.5, 0.6) is 0 Å². The van der Waals surface area contributed by atoms with Crippen LogP contribution >= 0.6 is 0 Å². The molecule has 7 heteroatoms. The van der Waals surface area contributed by atoms with Crippen LogP contribution in [0, 0.1) is 38.0 Å². The molecule has 0 radical (unpaired) electrons. The number of carbonyl (C=O) groups excluding carboxylic acids is 1. The first kappa shape index (κ1) is 27.0. The molecule has 0 aliphatic heterocycles. The Labute approximate surface area is 219 Å². The van der Waals surface area contributed by atoms with Crippen LogP contribution in [0.4, 0.5) is 11.4 Å². The smallest absolute Gasteiger partial charge is 0.280 e. The van der Waals surface area contributed by atoms with Gasteiger partial charge >= 0.3 is 0 Å². The zero-order valence-corrected chi connectivity index (χ0v) is 21.8. The van der Waals surface area contributed by atoms with Gasteiger partial charge in [0.2, 0.25) is 0 Å². The number of nitro benzene ring substituents is 2. The summed E-state index contributed by atoms with van der Waals surface area (Å²) in [5.41, 5.74) is 0.375. The van der Waals surface area contributed by atoms with E-state index in [0.29, 0.717) is 11.5 Å². The first-order chi connectivity index (χ1) is 17.9.